The highest BCUT2D eigenvalue weighted by Gasteiger charge is 2.19. The Bertz CT molecular complexity index is 947. The van der Waals surface area contributed by atoms with Crippen molar-refractivity contribution in [2.75, 3.05) is 25.3 Å². The summed E-state index contributed by atoms with van der Waals surface area (Å²) < 4.78 is 29.6. The van der Waals surface area contributed by atoms with E-state index in [4.69, 9.17) is 25.8 Å². The van der Waals surface area contributed by atoms with Crippen LogP contribution in [0.25, 0.3) is 0 Å². The molecular formula is C20H19ClFN3O4. The third-order valence-corrected chi connectivity index (χ3v) is 4.82. The smallest absolute Gasteiger partial charge is 0.258 e. The fraction of sp³-hybridized carbons (Fsp3) is 0.300. The number of amides is 1. The van der Waals surface area contributed by atoms with E-state index in [1.807, 2.05) is 0 Å². The maximum Gasteiger partial charge on any atom is 0.258 e. The molecule has 1 atom stereocenters. The molecule has 152 valence electrons. The molecule has 1 saturated heterocycles. The number of nitrogens with one attached hydrogen (secondary N) is 2. The zero-order chi connectivity index (χ0) is 20.2. The highest BCUT2D eigenvalue weighted by molar-refractivity contribution is 6.31. The molecule has 0 radical (unpaired) electrons. The van der Waals surface area contributed by atoms with Crippen LogP contribution in [0.5, 0.6) is 11.5 Å². The van der Waals surface area contributed by atoms with Crippen LogP contribution in [0.2, 0.25) is 5.02 Å². The topological polar surface area (TPSA) is 81.2 Å². The van der Waals surface area contributed by atoms with E-state index < -0.39 is 5.82 Å². The Kier molecular flexibility index (Phi) is 5.82. The van der Waals surface area contributed by atoms with E-state index in [0.717, 1.165) is 12.8 Å². The molecular weight excluding hydrogens is 401 g/mol. The fourth-order valence-electron chi connectivity index (χ4n) is 3.02. The number of hydrogen-bond donors (Lipinski definition) is 2. The lowest BCUT2D eigenvalue weighted by Gasteiger charge is -2.14. The lowest BCUT2D eigenvalue weighted by Crippen LogP contribution is -2.36. The lowest BCUT2D eigenvalue weighted by atomic mass is 10.2. The second-order valence-corrected chi connectivity index (χ2v) is 7.01. The first kappa shape index (κ1) is 19.5. The van der Waals surface area contributed by atoms with Gasteiger partial charge in [-0.05, 0) is 49.2 Å². The van der Waals surface area contributed by atoms with Crippen molar-refractivity contribution in [2.24, 2.45) is 4.99 Å². The molecule has 2 aromatic rings. The molecule has 2 N–H and O–H groups in total. The molecule has 1 fully saturated rings. The summed E-state index contributed by atoms with van der Waals surface area (Å²) in [6, 6.07) is 9.08. The van der Waals surface area contributed by atoms with Crippen LogP contribution in [0.1, 0.15) is 23.2 Å². The average Bonchev–Trinajstić information content (AvgIpc) is 3.39. The Labute approximate surface area is 171 Å². The minimum absolute atomic E-state index is 0.00560. The van der Waals surface area contributed by atoms with Gasteiger partial charge >= 0.3 is 0 Å². The van der Waals surface area contributed by atoms with Gasteiger partial charge in [-0.25, -0.2) is 9.38 Å². The molecule has 7 nitrogen and oxygen atoms in total. The van der Waals surface area contributed by atoms with Crippen LogP contribution < -0.4 is 20.1 Å². The Balaban J connectivity index is 1.51. The Morgan fingerprint density at radius 3 is 2.86 bits per heavy atom. The molecule has 0 aliphatic carbocycles. The van der Waals surface area contributed by atoms with E-state index in [1.165, 1.54) is 18.2 Å². The van der Waals surface area contributed by atoms with Crippen molar-refractivity contribution in [1.29, 1.82) is 0 Å². The van der Waals surface area contributed by atoms with E-state index in [1.54, 1.807) is 18.2 Å². The van der Waals surface area contributed by atoms with Crippen molar-refractivity contribution < 1.29 is 23.4 Å². The summed E-state index contributed by atoms with van der Waals surface area (Å²) in [6.07, 6.45) is 1.90. The number of anilines is 1. The lowest BCUT2D eigenvalue weighted by molar-refractivity contribution is 0.0975. The van der Waals surface area contributed by atoms with Gasteiger partial charge in [0.2, 0.25) is 12.8 Å². The van der Waals surface area contributed by atoms with E-state index in [9.17, 15) is 9.18 Å². The quantitative estimate of drug-likeness (QED) is 0.584. The molecule has 0 unspecified atom stereocenters. The van der Waals surface area contributed by atoms with Crippen molar-refractivity contribution in [3.63, 3.8) is 0 Å². The van der Waals surface area contributed by atoms with Gasteiger partial charge in [0.15, 0.2) is 11.5 Å². The van der Waals surface area contributed by atoms with Crippen LogP contribution in [0.4, 0.5) is 10.1 Å². The number of aliphatic imine (C=N–C) groups is 1. The van der Waals surface area contributed by atoms with Gasteiger partial charge in [0.05, 0.1) is 17.7 Å². The second kappa shape index (κ2) is 8.67. The highest BCUT2D eigenvalue weighted by atomic mass is 35.5. The largest absolute Gasteiger partial charge is 0.454 e. The van der Waals surface area contributed by atoms with E-state index in [-0.39, 0.29) is 29.8 Å². The monoisotopic (exact) mass is 419 g/mol. The molecule has 2 aliphatic heterocycles. The number of fused-ring (bicyclic) bond motifs is 1. The number of ether oxygens (including phenoxy) is 3. The predicted molar refractivity (Wildman–Crippen MR) is 106 cm³/mol. The number of benzene rings is 2. The van der Waals surface area contributed by atoms with Gasteiger partial charge in [-0.15, -0.1) is 0 Å². The zero-order valence-corrected chi connectivity index (χ0v) is 16.2. The van der Waals surface area contributed by atoms with E-state index in [2.05, 4.69) is 15.6 Å². The Morgan fingerprint density at radius 2 is 2.07 bits per heavy atom. The predicted octanol–water partition coefficient (Wildman–Crippen LogP) is 3.58. The van der Waals surface area contributed by atoms with Gasteiger partial charge in [-0.3, -0.25) is 10.1 Å². The standard InChI is InChI=1S/C20H19ClFN3O4/c21-15-9-13(4-5-16(15)22)24-20(23-10-14-2-1-7-27-14)25-19(26)12-3-6-17-18(8-12)29-11-28-17/h3-6,8-9,14H,1-2,7,10-11H2,(H2,23,24,25,26)/t14-/m0/s1. The fourth-order valence-corrected chi connectivity index (χ4v) is 3.20. The molecule has 4 rings (SSSR count). The van der Waals surface area contributed by atoms with Crippen LogP contribution in [0.3, 0.4) is 0 Å². The SMILES string of the molecule is O=C(NC(=NC[C@@H]1CCCO1)Nc1ccc(F)c(Cl)c1)c1ccc2c(c1)OCO2. The summed E-state index contributed by atoms with van der Waals surface area (Å²) in [5.74, 6) is 0.405. The van der Waals surface area contributed by atoms with Gasteiger partial charge in [0.1, 0.15) is 5.82 Å². The third kappa shape index (κ3) is 4.78. The molecule has 0 aromatic heterocycles. The number of carbonyl (C=O) groups is 1. The number of hydrogen-bond acceptors (Lipinski definition) is 5. The van der Waals surface area contributed by atoms with Crippen LogP contribution in [-0.4, -0.2) is 37.9 Å². The summed E-state index contributed by atoms with van der Waals surface area (Å²) in [4.78, 5) is 17.2. The van der Waals surface area contributed by atoms with Gasteiger partial charge in [-0.2, -0.15) is 0 Å². The molecule has 0 saturated carbocycles. The average molecular weight is 420 g/mol. The minimum atomic E-state index is -0.528. The molecule has 2 aliphatic rings. The number of guanidine groups is 1. The highest BCUT2D eigenvalue weighted by Crippen LogP contribution is 2.32. The normalized spacial score (nSPS) is 18.0. The molecule has 1 amide bonds. The van der Waals surface area contributed by atoms with Gasteiger partial charge in [-0.1, -0.05) is 11.6 Å². The van der Waals surface area contributed by atoms with Gasteiger partial charge in [0.25, 0.3) is 5.91 Å². The van der Waals surface area contributed by atoms with Crippen molar-refractivity contribution in [2.45, 2.75) is 18.9 Å². The van der Waals surface area contributed by atoms with Crippen molar-refractivity contribution in [3.05, 3.63) is 52.8 Å². The van der Waals surface area contributed by atoms with Gasteiger partial charge in [0, 0.05) is 17.9 Å². The van der Waals surface area contributed by atoms with Crippen molar-refractivity contribution >= 4 is 29.2 Å². The van der Waals surface area contributed by atoms with Crippen molar-refractivity contribution in [3.8, 4) is 11.5 Å². The van der Waals surface area contributed by atoms with Gasteiger partial charge < -0.3 is 19.5 Å². The van der Waals surface area contributed by atoms with Crippen LogP contribution >= 0.6 is 11.6 Å². The molecule has 2 aromatic carbocycles. The number of rotatable bonds is 4. The van der Waals surface area contributed by atoms with E-state index in [0.29, 0.717) is 35.9 Å². The first-order chi connectivity index (χ1) is 14.1. The Morgan fingerprint density at radius 1 is 1.21 bits per heavy atom. The number of nitrogens with zero attached hydrogens (tertiary/aromatic N) is 1. The first-order valence-electron chi connectivity index (χ1n) is 9.17. The summed E-state index contributed by atoms with van der Waals surface area (Å²) in [6.45, 7) is 1.22. The maximum atomic E-state index is 13.4. The van der Waals surface area contributed by atoms with Crippen molar-refractivity contribution in [1.82, 2.24) is 5.32 Å². The molecule has 2 heterocycles. The molecule has 9 heteroatoms. The molecule has 29 heavy (non-hydrogen) atoms. The van der Waals surface area contributed by atoms with Crippen LogP contribution in [-0.2, 0) is 4.74 Å². The van der Waals surface area contributed by atoms with Crippen LogP contribution in [0.15, 0.2) is 41.4 Å². The van der Waals surface area contributed by atoms with E-state index >= 15 is 0 Å². The maximum absolute atomic E-state index is 13.4. The minimum Gasteiger partial charge on any atom is -0.454 e. The molecule has 0 spiro atoms. The zero-order valence-electron chi connectivity index (χ0n) is 15.4. The Hall–Kier alpha value is -2.84. The number of carbonyl (C=O) groups excluding carboxylic acids is 1. The second-order valence-electron chi connectivity index (χ2n) is 6.60. The summed E-state index contributed by atoms with van der Waals surface area (Å²) >= 11 is 5.85. The third-order valence-electron chi connectivity index (χ3n) is 4.53. The number of halogens is 2. The summed E-state index contributed by atoms with van der Waals surface area (Å²) in [5.41, 5.74) is 0.881. The van der Waals surface area contributed by atoms with Crippen LogP contribution in [0, 0.1) is 5.82 Å². The molecule has 0 bridgehead atoms. The summed E-state index contributed by atoms with van der Waals surface area (Å²) in [5, 5.41) is 5.69. The summed E-state index contributed by atoms with van der Waals surface area (Å²) in [7, 11) is 0. The first-order valence-corrected chi connectivity index (χ1v) is 9.55.